The lowest BCUT2D eigenvalue weighted by Crippen LogP contribution is -2.35. The summed E-state index contributed by atoms with van der Waals surface area (Å²) in [5.74, 6) is 0. The minimum absolute atomic E-state index is 0.0842. The molecule has 0 amide bonds. The number of aliphatic hydroxyl groups excluding tert-OH is 1. The quantitative estimate of drug-likeness (QED) is 0.708. The van der Waals surface area contributed by atoms with Crippen LogP contribution in [0.2, 0.25) is 0 Å². The second-order valence-corrected chi connectivity index (χ2v) is 5.76. The third-order valence-electron chi connectivity index (χ3n) is 4.15. The van der Waals surface area contributed by atoms with Crippen LogP contribution in [0.25, 0.3) is 0 Å². The van der Waals surface area contributed by atoms with Crippen LogP contribution in [0.4, 0.5) is 0 Å². The normalized spacial score (nSPS) is 27.9. The minimum Gasteiger partial charge on any atom is -0.393 e. The van der Waals surface area contributed by atoms with Gasteiger partial charge in [0.2, 0.25) is 0 Å². The van der Waals surface area contributed by atoms with E-state index in [2.05, 4.69) is 33.8 Å². The molecule has 0 radical (unpaired) electrons. The predicted octanol–water partition coefficient (Wildman–Crippen LogP) is 4.23. The van der Waals surface area contributed by atoms with Crippen molar-refractivity contribution in [2.24, 2.45) is 5.41 Å². The van der Waals surface area contributed by atoms with Gasteiger partial charge in [0.15, 0.2) is 0 Å². The molecule has 1 aliphatic carbocycles. The summed E-state index contributed by atoms with van der Waals surface area (Å²) in [7, 11) is 0. The van der Waals surface area contributed by atoms with Gasteiger partial charge in [-0.3, -0.25) is 0 Å². The zero-order chi connectivity index (χ0) is 12.3. The van der Waals surface area contributed by atoms with Crippen molar-refractivity contribution in [3.05, 3.63) is 22.8 Å². The Bertz CT molecular complexity index is 305. The summed E-state index contributed by atoms with van der Waals surface area (Å²) in [4.78, 5) is 0. The first-order chi connectivity index (χ1) is 7.37. The Morgan fingerprint density at radius 2 is 2.00 bits per heavy atom. The maximum Gasteiger partial charge on any atom is 0.0574 e. The van der Waals surface area contributed by atoms with Crippen LogP contribution in [0, 0.1) is 5.41 Å². The van der Waals surface area contributed by atoms with E-state index in [9.17, 15) is 5.11 Å². The van der Waals surface area contributed by atoms with E-state index in [-0.39, 0.29) is 11.5 Å². The molecule has 0 fully saturated rings. The molecule has 0 aromatic heterocycles. The molecule has 0 spiro atoms. The van der Waals surface area contributed by atoms with Crippen molar-refractivity contribution in [2.45, 2.75) is 66.4 Å². The van der Waals surface area contributed by atoms with Crippen LogP contribution >= 0.6 is 0 Å². The van der Waals surface area contributed by atoms with Gasteiger partial charge in [-0.05, 0) is 60.3 Å². The first-order valence-electron chi connectivity index (χ1n) is 6.34. The molecule has 0 aliphatic heterocycles. The Labute approximate surface area is 100 Å². The first-order valence-corrected chi connectivity index (χ1v) is 6.34. The monoisotopic (exact) mass is 222 g/mol. The van der Waals surface area contributed by atoms with Crippen molar-refractivity contribution in [3.63, 3.8) is 0 Å². The van der Waals surface area contributed by atoms with E-state index in [1.54, 1.807) is 0 Å². The first kappa shape index (κ1) is 13.5. The average Bonchev–Trinajstić information content (AvgIpc) is 2.20. The topological polar surface area (TPSA) is 20.2 Å². The van der Waals surface area contributed by atoms with Gasteiger partial charge in [0.1, 0.15) is 0 Å². The second kappa shape index (κ2) is 5.18. The zero-order valence-corrected chi connectivity index (χ0v) is 11.4. The van der Waals surface area contributed by atoms with Crippen molar-refractivity contribution < 1.29 is 5.11 Å². The Balaban J connectivity index is 2.88. The van der Waals surface area contributed by atoms with E-state index in [1.165, 1.54) is 16.7 Å². The number of allylic oxidation sites excluding steroid dienone is 4. The van der Waals surface area contributed by atoms with Gasteiger partial charge in [0.05, 0.1) is 6.10 Å². The van der Waals surface area contributed by atoms with Crippen molar-refractivity contribution in [1.29, 1.82) is 0 Å². The van der Waals surface area contributed by atoms with Crippen molar-refractivity contribution in [3.8, 4) is 0 Å². The van der Waals surface area contributed by atoms with Gasteiger partial charge in [-0.2, -0.15) is 0 Å². The largest absolute Gasteiger partial charge is 0.393 e. The minimum atomic E-state index is -0.217. The lowest BCUT2D eigenvalue weighted by atomic mass is 9.67. The zero-order valence-electron chi connectivity index (χ0n) is 11.4. The fraction of sp³-hybridized carbons (Fsp3) is 0.733. The lowest BCUT2D eigenvalue weighted by Gasteiger charge is -2.40. The molecule has 0 aromatic rings. The van der Waals surface area contributed by atoms with E-state index >= 15 is 0 Å². The maximum atomic E-state index is 10.1. The number of hydrogen-bond acceptors (Lipinski definition) is 1. The van der Waals surface area contributed by atoms with E-state index < -0.39 is 0 Å². The smallest absolute Gasteiger partial charge is 0.0574 e. The van der Waals surface area contributed by atoms with Crippen LogP contribution in [0.3, 0.4) is 0 Å². The Morgan fingerprint density at radius 3 is 2.44 bits per heavy atom. The van der Waals surface area contributed by atoms with Gasteiger partial charge in [0.25, 0.3) is 0 Å². The summed E-state index contributed by atoms with van der Waals surface area (Å²) < 4.78 is 0. The number of aliphatic hydroxyl groups is 1. The number of hydrogen-bond donors (Lipinski definition) is 1. The van der Waals surface area contributed by atoms with Crippen LogP contribution in [0.15, 0.2) is 22.8 Å². The van der Waals surface area contributed by atoms with E-state index in [4.69, 9.17) is 0 Å². The fourth-order valence-corrected chi connectivity index (χ4v) is 2.53. The summed E-state index contributed by atoms with van der Waals surface area (Å²) in [6.45, 7) is 10.7. The standard InChI is InChI=1S/C15H26O/c1-11(2)6-8-15(14(5)16)9-7-12(3)13(4)10-15/h6,14,16H,7-10H2,1-5H3/t14-,15?/m0/s1. The van der Waals surface area contributed by atoms with Gasteiger partial charge in [0, 0.05) is 5.41 Å². The highest BCUT2D eigenvalue weighted by atomic mass is 16.3. The third kappa shape index (κ3) is 2.98. The summed E-state index contributed by atoms with van der Waals surface area (Å²) >= 11 is 0. The van der Waals surface area contributed by atoms with E-state index in [0.29, 0.717) is 0 Å². The highest BCUT2D eigenvalue weighted by Gasteiger charge is 2.36. The molecule has 0 heterocycles. The molecule has 0 bridgehead atoms. The summed E-state index contributed by atoms with van der Waals surface area (Å²) in [6, 6.07) is 0. The van der Waals surface area contributed by atoms with Crippen LogP contribution < -0.4 is 0 Å². The molecular weight excluding hydrogens is 196 g/mol. The van der Waals surface area contributed by atoms with Gasteiger partial charge in [-0.25, -0.2) is 0 Å². The van der Waals surface area contributed by atoms with Crippen molar-refractivity contribution in [1.82, 2.24) is 0 Å². The molecule has 0 aromatic carbocycles. The van der Waals surface area contributed by atoms with Gasteiger partial charge in [-0.1, -0.05) is 22.8 Å². The van der Waals surface area contributed by atoms with Crippen molar-refractivity contribution in [2.75, 3.05) is 0 Å². The highest BCUT2D eigenvalue weighted by Crippen LogP contribution is 2.44. The highest BCUT2D eigenvalue weighted by molar-refractivity contribution is 5.18. The molecule has 1 aliphatic rings. The van der Waals surface area contributed by atoms with Crippen molar-refractivity contribution >= 4 is 0 Å². The molecule has 1 nitrogen and oxygen atoms in total. The van der Waals surface area contributed by atoms with Gasteiger partial charge >= 0.3 is 0 Å². The van der Waals surface area contributed by atoms with Crippen LogP contribution in [0.5, 0.6) is 0 Å². The van der Waals surface area contributed by atoms with Crippen LogP contribution in [0.1, 0.15) is 60.3 Å². The second-order valence-electron chi connectivity index (χ2n) is 5.76. The molecule has 1 unspecified atom stereocenters. The van der Waals surface area contributed by atoms with Crippen LogP contribution in [-0.4, -0.2) is 11.2 Å². The molecular formula is C15H26O. The molecule has 1 heteroatoms. The molecule has 16 heavy (non-hydrogen) atoms. The SMILES string of the molecule is CC(C)=CCC1([C@H](C)O)CCC(C)=C(C)C1. The summed E-state index contributed by atoms with van der Waals surface area (Å²) in [5.41, 5.74) is 4.44. The Hall–Kier alpha value is -0.560. The van der Waals surface area contributed by atoms with Gasteiger partial charge < -0.3 is 5.11 Å². The maximum absolute atomic E-state index is 10.1. The lowest BCUT2D eigenvalue weighted by molar-refractivity contribution is 0.0289. The van der Waals surface area contributed by atoms with E-state index in [0.717, 1.165) is 25.7 Å². The Kier molecular flexibility index (Phi) is 4.37. The molecule has 2 atom stereocenters. The molecule has 0 saturated carbocycles. The van der Waals surface area contributed by atoms with E-state index in [1.807, 2.05) is 6.92 Å². The third-order valence-corrected chi connectivity index (χ3v) is 4.15. The average molecular weight is 222 g/mol. The Morgan fingerprint density at radius 1 is 1.38 bits per heavy atom. The van der Waals surface area contributed by atoms with Gasteiger partial charge in [-0.15, -0.1) is 0 Å². The van der Waals surface area contributed by atoms with Crippen LogP contribution in [-0.2, 0) is 0 Å². The molecule has 1 N–H and O–H groups in total. The molecule has 1 rings (SSSR count). The predicted molar refractivity (Wildman–Crippen MR) is 70.4 cm³/mol. The summed E-state index contributed by atoms with van der Waals surface area (Å²) in [6.07, 6.45) is 6.40. The molecule has 92 valence electrons. The molecule has 0 saturated heterocycles. The summed E-state index contributed by atoms with van der Waals surface area (Å²) in [5, 5.41) is 10.1. The number of rotatable bonds is 3. The fourth-order valence-electron chi connectivity index (χ4n) is 2.53.